The summed E-state index contributed by atoms with van der Waals surface area (Å²) in [6.45, 7) is 3.25. The van der Waals surface area contributed by atoms with Crippen molar-refractivity contribution >= 4 is 11.7 Å². The molecular formula is C17H19N3O2. The Balaban J connectivity index is 1.56. The fourth-order valence-corrected chi connectivity index (χ4v) is 2.50. The van der Waals surface area contributed by atoms with E-state index < -0.39 is 0 Å². The first kappa shape index (κ1) is 14.4. The summed E-state index contributed by atoms with van der Waals surface area (Å²) < 4.78 is 5.80. The van der Waals surface area contributed by atoms with Crippen molar-refractivity contribution in [2.45, 2.75) is 19.4 Å². The molecular weight excluding hydrogens is 278 g/mol. The normalized spacial score (nSPS) is 17.3. The lowest BCUT2D eigenvalue weighted by molar-refractivity contribution is 0.190. The van der Waals surface area contributed by atoms with Gasteiger partial charge in [0.2, 0.25) is 5.88 Å². The first-order chi connectivity index (χ1) is 10.7. The number of carbonyl (C=O) groups is 1. The molecule has 2 amide bonds. The van der Waals surface area contributed by atoms with Crippen molar-refractivity contribution in [3.05, 3.63) is 54.2 Å². The third kappa shape index (κ3) is 3.36. The van der Waals surface area contributed by atoms with E-state index in [9.17, 15) is 4.79 Å². The number of amides is 2. The smallest absolute Gasteiger partial charge is 0.321 e. The maximum Gasteiger partial charge on any atom is 0.321 e. The van der Waals surface area contributed by atoms with Crippen molar-refractivity contribution in [1.29, 1.82) is 0 Å². The molecule has 1 aromatic heterocycles. The number of benzene rings is 1. The maximum atomic E-state index is 12.3. The van der Waals surface area contributed by atoms with Gasteiger partial charge in [0.25, 0.3) is 0 Å². The summed E-state index contributed by atoms with van der Waals surface area (Å²) in [5, 5.41) is 2.95. The Morgan fingerprint density at radius 3 is 2.86 bits per heavy atom. The number of pyridine rings is 1. The van der Waals surface area contributed by atoms with Gasteiger partial charge < -0.3 is 15.0 Å². The second-order valence-corrected chi connectivity index (χ2v) is 5.39. The molecule has 5 heteroatoms. The lowest BCUT2D eigenvalue weighted by Crippen LogP contribution is -2.34. The van der Waals surface area contributed by atoms with Gasteiger partial charge in [-0.2, -0.15) is 0 Å². The van der Waals surface area contributed by atoms with Gasteiger partial charge in [0.1, 0.15) is 6.10 Å². The number of likely N-dealkylation sites (tertiary alicyclic amines) is 1. The van der Waals surface area contributed by atoms with E-state index in [0.717, 1.165) is 17.7 Å². The largest absolute Gasteiger partial charge is 0.472 e. The Labute approximate surface area is 129 Å². The van der Waals surface area contributed by atoms with Gasteiger partial charge in [-0.15, -0.1) is 0 Å². The highest BCUT2D eigenvalue weighted by atomic mass is 16.5. The Morgan fingerprint density at radius 1 is 1.27 bits per heavy atom. The zero-order valence-electron chi connectivity index (χ0n) is 12.5. The summed E-state index contributed by atoms with van der Waals surface area (Å²) >= 11 is 0. The minimum absolute atomic E-state index is 0.00230. The molecule has 1 aliphatic heterocycles. The second kappa shape index (κ2) is 6.47. The number of nitrogens with zero attached hydrogens (tertiary/aromatic N) is 2. The van der Waals surface area contributed by atoms with Gasteiger partial charge in [-0.3, -0.25) is 0 Å². The van der Waals surface area contributed by atoms with Crippen LogP contribution in [0.1, 0.15) is 12.0 Å². The van der Waals surface area contributed by atoms with Gasteiger partial charge in [-0.1, -0.05) is 24.3 Å². The van der Waals surface area contributed by atoms with E-state index in [1.165, 1.54) is 0 Å². The molecule has 1 fully saturated rings. The number of anilines is 1. The highest BCUT2D eigenvalue weighted by Crippen LogP contribution is 2.18. The molecule has 22 heavy (non-hydrogen) atoms. The first-order valence-corrected chi connectivity index (χ1v) is 7.41. The third-order valence-electron chi connectivity index (χ3n) is 3.74. The van der Waals surface area contributed by atoms with Crippen molar-refractivity contribution in [1.82, 2.24) is 9.88 Å². The number of ether oxygens (including phenoxy) is 1. The van der Waals surface area contributed by atoms with Crippen LogP contribution >= 0.6 is 0 Å². The third-order valence-corrected chi connectivity index (χ3v) is 3.74. The Bertz CT molecular complexity index is 645. The van der Waals surface area contributed by atoms with Crippen molar-refractivity contribution < 1.29 is 9.53 Å². The molecule has 0 bridgehead atoms. The van der Waals surface area contributed by atoms with E-state index in [0.29, 0.717) is 19.0 Å². The van der Waals surface area contributed by atoms with E-state index in [-0.39, 0.29) is 12.1 Å². The number of nitrogens with one attached hydrogen (secondary N) is 1. The molecule has 1 atom stereocenters. The monoisotopic (exact) mass is 297 g/mol. The highest BCUT2D eigenvalue weighted by Gasteiger charge is 2.28. The molecule has 5 nitrogen and oxygen atoms in total. The first-order valence-electron chi connectivity index (χ1n) is 7.41. The summed E-state index contributed by atoms with van der Waals surface area (Å²) in [6, 6.07) is 13.2. The van der Waals surface area contributed by atoms with Gasteiger partial charge in [-0.05, 0) is 24.6 Å². The molecule has 1 saturated heterocycles. The van der Waals surface area contributed by atoms with Crippen molar-refractivity contribution in [2.24, 2.45) is 0 Å². The molecule has 1 aliphatic rings. The number of rotatable bonds is 3. The van der Waals surface area contributed by atoms with E-state index in [4.69, 9.17) is 4.74 Å². The molecule has 0 aliphatic carbocycles. The molecule has 2 aromatic rings. The summed E-state index contributed by atoms with van der Waals surface area (Å²) in [4.78, 5) is 18.2. The number of hydrogen-bond donors (Lipinski definition) is 1. The van der Waals surface area contributed by atoms with Crippen LogP contribution in [0.25, 0.3) is 0 Å². The van der Waals surface area contributed by atoms with E-state index in [2.05, 4.69) is 10.3 Å². The van der Waals surface area contributed by atoms with Crippen LogP contribution in [0.2, 0.25) is 0 Å². The summed E-state index contributed by atoms with van der Waals surface area (Å²) in [5.74, 6) is 0.605. The highest BCUT2D eigenvalue weighted by molar-refractivity contribution is 5.90. The van der Waals surface area contributed by atoms with E-state index >= 15 is 0 Å². The van der Waals surface area contributed by atoms with Crippen LogP contribution in [0, 0.1) is 6.92 Å². The Hall–Kier alpha value is -2.56. The lowest BCUT2D eigenvalue weighted by Gasteiger charge is -2.18. The zero-order valence-corrected chi connectivity index (χ0v) is 12.5. The van der Waals surface area contributed by atoms with E-state index in [1.54, 1.807) is 11.1 Å². The van der Waals surface area contributed by atoms with Crippen LogP contribution in [0.15, 0.2) is 48.7 Å². The molecule has 3 rings (SSSR count). The lowest BCUT2D eigenvalue weighted by atomic mass is 10.2. The van der Waals surface area contributed by atoms with Gasteiger partial charge in [-0.25, -0.2) is 9.78 Å². The van der Waals surface area contributed by atoms with Crippen molar-refractivity contribution in [2.75, 3.05) is 18.4 Å². The number of urea groups is 1. The Morgan fingerprint density at radius 2 is 2.09 bits per heavy atom. The van der Waals surface area contributed by atoms with Crippen LogP contribution in [-0.2, 0) is 0 Å². The Kier molecular flexibility index (Phi) is 4.23. The summed E-state index contributed by atoms with van der Waals surface area (Å²) in [7, 11) is 0. The van der Waals surface area contributed by atoms with Crippen LogP contribution in [0.5, 0.6) is 5.88 Å². The number of aromatic nitrogens is 1. The second-order valence-electron chi connectivity index (χ2n) is 5.39. The standard InChI is InChI=1S/C17H19N3O2/c1-13-6-2-3-7-15(13)19-17(21)20-11-9-14(12-20)22-16-8-4-5-10-18-16/h2-8,10,14H,9,11-12H2,1H3,(H,19,21). The van der Waals surface area contributed by atoms with Crippen LogP contribution in [-0.4, -0.2) is 35.1 Å². The van der Waals surface area contributed by atoms with Gasteiger partial charge in [0.05, 0.1) is 6.54 Å². The minimum atomic E-state index is -0.0820. The van der Waals surface area contributed by atoms with Gasteiger partial charge in [0.15, 0.2) is 0 Å². The number of aryl methyl sites for hydroxylation is 1. The fraction of sp³-hybridized carbons (Fsp3) is 0.294. The van der Waals surface area contributed by atoms with Crippen LogP contribution in [0.3, 0.4) is 0 Å². The molecule has 1 aromatic carbocycles. The maximum absolute atomic E-state index is 12.3. The predicted molar refractivity (Wildman–Crippen MR) is 85.0 cm³/mol. The van der Waals surface area contributed by atoms with Crippen molar-refractivity contribution in [3.8, 4) is 5.88 Å². The topological polar surface area (TPSA) is 54.5 Å². The average molecular weight is 297 g/mol. The molecule has 0 spiro atoms. The van der Waals surface area contributed by atoms with E-state index in [1.807, 2.05) is 49.4 Å². The number of hydrogen-bond acceptors (Lipinski definition) is 3. The molecule has 1 unspecified atom stereocenters. The van der Waals surface area contributed by atoms with Crippen LogP contribution < -0.4 is 10.1 Å². The van der Waals surface area contributed by atoms with Gasteiger partial charge >= 0.3 is 6.03 Å². The summed E-state index contributed by atoms with van der Waals surface area (Å²) in [5.41, 5.74) is 1.90. The average Bonchev–Trinajstić information content (AvgIpc) is 2.99. The SMILES string of the molecule is Cc1ccccc1NC(=O)N1CCC(Oc2ccccn2)C1. The molecule has 2 heterocycles. The minimum Gasteiger partial charge on any atom is -0.472 e. The summed E-state index contributed by atoms with van der Waals surface area (Å²) in [6.07, 6.45) is 2.52. The van der Waals surface area contributed by atoms with Crippen molar-refractivity contribution in [3.63, 3.8) is 0 Å². The van der Waals surface area contributed by atoms with Gasteiger partial charge in [0, 0.05) is 30.9 Å². The molecule has 0 radical (unpaired) electrons. The fourth-order valence-electron chi connectivity index (χ4n) is 2.50. The molecule has 0 saturated carbocycles. The van der Waals surface area contributed by atoms with Crippen LogP contribution in [0.4, 0.5) is 10.5 Å². The number of para-hydroxylation sites is 1. The predicted octanol–water partition coefficient (Wildman–Crippen LogP) is 3.08. The molecule has 114 valence electrons. The molecule has 1 N–H and O–H groups in total. The number of carbonyl (C=O) groups excluding carboxylic acids is 1. The zero-order chi connectivity index (χ0) is 15.4. The quantitative estimate of drug-likeness (QED) is 0.947.